The normalized spacial score (nSPS) is 14.1. The third-order valence-electron chi connectivity index (χ3n) is 3.25. The summed E-state index contributed by atoms with van der Waals surface area (Å²) in [7, 11) is 0. The Morgan fingerprint density at radius 1 is 1.17 bits per heavy atom. The minimum atomic E-state index is -0.593. The second-order valence-electron chi connectivity index (χ2n) is 4.54. The summed E-state index contributed by atoms with van der Waals surface area (Å²) < 4.78 is 0. The molecule has 0 saturated carbocycles. The van der Waals surface area contributed by atoms with E-state index in [1.807, 2.05) is 19.1 Å². The molecule has 0 atom stereocenters. The van der Waals surface area contributed by atoms with Crippen molar-refractivity contribution in [1.29, 1.82) is 0 Å². The van der Waals surface area contributed by atoms with E-state index in [2.05, 4.69) is 0 Å². The van der Waals surface area contributed by atoms with Crippen molar-refractivity contribution in [1.82, 2.24) is 0 Å². The van der Waals surface area contributed by atoms with Gasteiger partial charge >= 0.3 is 0 Å². The fourth-order valence-corrected chi connectivity index (χ4v) is 2.20. The molecule has 1 aliphatic heterocycles. The van der Waals surface area contributed by atoms with E-state index in [4.69, 9.17) is 0 Å². The number of benzene rings is 1. The minimum Gasteiger partial charge on any atom is -0.298 e. The van der Waals surface area contributed by atoms with Crippen molar-refractivity contribution in [2.24, 2.45) is 0 Å². The maximum atomic E-state index is 11.9. The van der Waals surface area contributed by atoms with Crippen LogP contribution in [0.1, 0.15) is 34.8 Å². The van der Waals surface area contributed by atoms with Crippen LogP contribution in [0.25, 0.3) is 0 Å². The fourth-order valence-electron chi connectivity index (χ4n) is 2.20. The van der Waals surface area contributed by atoms with Crippen LogP contribution >= 0.6 is 0 Å². The molecule has 1 aromatic carbocycles. The summed E-state index contributed by atoms with van der Waals surface area (Å²) in [5.41, 5.74) is 2.68. The van der Waals surface area contributed by atoms with Gasteiger partial charge in [-0.1, -0.05) is 19.1 Å². The molecule has 1 amide bonds. The van der Waals surface area contributed by atoms with Gasteiger partial charge in [-0.3, -0.25) is 19.3 Å². The number of fused-ring (bicyclic) bond motifs is 1. The molecule has 0 N–H and O–H groups in total. The van der Waals surface area contributed by atoms with Crippen LogP contribution in [0.15, 0.2) is 12.1 Å². The predicted molar refractivity (Wildman–Crippen MR) is 67.9 cm³/mol. The number of carbonyl (C=O) groups is 3. The molecule has 0 fully saturated rings. The maximum Gasteiger partial charge on any atom is 0.299 e. The van der Waals surface area contributed by atoms with Crippen LogP contribution in [-0.4, -0.2) is 24.0 Å². The number of aryl methyl sites for hydroxylation is 2. The van der Waals surface area contributed by atoms with Gasteiger partial charge in [0.2, 0.25) is 0 Å². The van der Waals surface area contributed by atoms with Gasteiger partial charge in [0, 0.05) is 6.42 Å². The molecule has 1 aliphatic rings. The summed E-state index contributed by atoms with van der Waals surface area (Å²) in [5.74, 6) is -1.15. The van der Waals surface area contributed by atoms with Gasteiger partial charge in [0.25, 0.3) is 11.7 Å². The van der Waals surface area contributed by atoms with Gasteiger partial charge in [-0.2, -0.15) is 0 Å². The lowest BCUT2D eigenvalue weighted by molar-refractivity contribution is -0.120. The lowest BCUT2D eigenvalue weighted by Crippen LogP contribution is -2.34. The number of amides is 1. The highest BCUT2D eigenvalue weighted by Gasteiger charge is 2.38. The Morgan fingerprint density at radius 2 is 1.78 bits per heavy atom. The fraction of sp³-hybridized carbons (Fsp3) is 0.357. The monoisotopic (exact) mass is 245 g/mol. The van der Waals surface area contributed by atoms with E-state index in [1.54, 1.807) is 13.8 Å². The first-order chi connectivity index (χ1) is 8.47. The van der Waals surface area contributed by atoms with E-state index in [0.29, 0.717) is 17.7 Å². The van der Waals surface area contributed by atoms with Gasteiger partial charge in [0.1, 0.15) is 0 Å². The zero-order chi connectivity index (χ0) is 13.4. The zero-order valence-electron chi connectivity index (χ0n) is 10.7. The van der Waals surface area contributed by atoms with Gasteiger partial charge < -0.3 is 0 Å². The molecule has 2 rings (SSSR count). The Balaban J connectivity index is 2.55. The van der Waals surface area contributed by atoms with E-state index >= 15 is 0 Å². The summed E-state index contributed by atoms with van der Waals surface area (Å²) in [6.45, 7) is 5.37. The number of anilines is 1. The molecule has 0 aromatic heterocycles. The molecular formula is C14H15NO3. The molecule has 0 saturated heterocycles. The highest BCUT2D eigenvalue weighted by atomic mass is 16.2. The van der Waals surface area contributed by atoms with Gasteiger partial charge in [-0.25, -0.2) is 0 Å². The van der Waals surface area contributed by atoms with Crippen LogP contribution in [0.2, 0.25) is 0 Å². The summed E-state index contributed by atoms with van der Waals surface area (Å²) in [4.78, 5) is 36.7. The third kappa shape index (κ3) is 1.74. The smallest absolute Gasteiger partial charge is 0.298 e. The summed E-state index contributed by atoms with van der Waals surface area (Å²) in [5, 5.41) is 0. The van der Waals surface area contributed by atoms with Crippen LogP contribution < -0.4 is 4.90 Å². The van der Waals surface area contributed by atoms with E-state index in [-0.39, 0.29) is 12.3 Å². The van der Waals surface area contributed by atoms with Crippen molar-refractivity contribution >= 4 is 23.2 Å². The number of carbonyl (C=O) groups excluding carboxylic acids is 3. The average molecular weight is 245 g/mol. The Bertz CT molecular complexity index is 560. The Hall–Kier alpha value is -1.97. The minimum absolute atomic E-state index is 0.0155. The summed E-state index contributed by atoms with van der Waals surface area (Å²) in [6, 6.07) is 3.69. The van der Waals surface area contributed by atoms with Crippen LogP contribution in [0, 0.1) is 13.8 Å². The molecule has 1 heterocycles. The van der Waals surface area contributed by atoms with Crippen molar-refractivity contribution in [2.45, 2.75) is 27.2 Å². The maximum absolute atomic E-state index is 11.9. The summed E-state index contributed by atoms with van der Waals surface area (Å²) >= 11 is 0. The number of Topliss-reactive ketones (excluding diaryl/α,β-unsaturated/α-hetero) is 2. The lowest BCUT2D eigenvalue weighted by atomic mass is 10.0. The summed E-state index contributed by atoms with van der Waals surface area (Å²) in [6.07, 6.45) is 0.359. The molecule has 94 valence electrons. The molecule has 18 heavy (non-hydrogen) atoms. The highest BCUT2D eigenvalue weighted by Crippen LogP contribution is 2.34. The second kappa shape index (κ2) is 4.37. The Morgan fingerprint density at radius 3 is 2.39 bits per heavy atom. The SMILES string of the molecule is CCC(=O)CN1C(=O)C(=O)c2c(C)ccc(C)c21. The van der Waals surface area contributed by atoms with E-state index in [0.717, 1.165) is 11.1 Å². The second-order valence-corrected chi connectivity index (χ2v) is 4.54. The third-order valence-corrected chi connectivity index (χ3v) is 3.25. The van der Waals surface area contributed by atoms with Gasteiger partial charge in [0.15, 0.2) is 5.78 Å². The van der Waals surface area contributed by atoms with Gasteiger partial charge in [-0.05, 0) is 25.0 Å². The van der Waals surface area contributed by atoms with Crippen LogP contribution in [0.3, 0.4) is 0 Å². The molecule has 1 aromatic rings. The molecule has 4 nitrogen and oxygen atoms in total. The molecule has 0 spiro atoms. The lowest BCUT2D eigenvalue weighted by Gasteiger charge is -2.17. The first-order valence-corrected chi connectivity index (χ1v) is 5.95. The number of ketones is 2. The highest BCUT2D eigenvalue weighted by molar-refractivity contribution is 6.53. The number of nitrogens with zero attached hydrogens (tertiary/aromatic N) is 1. The topological polar surface area (TPSA) is 54.5 Å². The first-order valence-electron chi connectivity index (χ1n) is 5.95. The Kier molecular flexibility index (Phi) is 3.03. The molecule has 0 unspecified atom stereocenters. The van der Waals surface area contributed by atoms with Crippen LogP contribution in [0.4, 0.5) is 5.69 Å². The van der Waals surface area contributed by atoms with Crippen molar-refractivity contribution in [3.8, 4) is 0 Å². The van der Waals surface area contributed by atoms with E-state index in [9.17, 15) is 14.4 Å². The van der Waals surface area contributed by atoms with Crippen molar-refractivity contribution < 1.29 is 14.4 Å². The van der Waals surface area contributed by atoms with Crippen LogP contribution in [0.5, 0.6) is 0 Å². The Labute approximate surface area is 106 Å². The molecule has 4 heteroatoms. The van der Waals surface area contributed by atoms with Crippen molar-refractivity contribution in [2.75, 3.05) is 11.4 Å². The van der Waals surface area contributed by atoms with Crippen LogP contribution in [-0.2, 0) is 9.59 Å². The number of hydrogen-bond donors (Lipinski definition) is 0. The quantitative estimate of drug-likeness (QED) is 0.763. The molecule has 0 aliphatic carbocycles. The van der Waals surface area contributed by atoms with Crippen molar-refractivity contribution in [3.63, 3.8) is 0 Å². The molecular weight excluding hydrogens is 230 g/mol. The molecule has 0 radical (unpaired) electrons. The predicted octanol–water partition coefficient (Wildman–Crippen LogP) is 1.81. The van der Waals surface area contributed by atoms with Crippen molar-refractivity contribution in [3.05, 3.63) is 28.8 Å². The van der Waals surface area contributed by atoms with E-state index < -0.39 is 11.7 Å². The average Bonchev–Trinajstić information content (AvgIpc) is 2.60. The largest absolute Gasteiger partial charge is 0.299 e. The van der Waals surface area contributed by atoms with Gasteiger partial charge in [0.05, 0.1) is 17.8 Å². The zero-order valence-corrected chi connectivity index (χ0v) is 10.7. The van der Waals surface area contributed by atoms with E-state index in [1.165, 1.54) is 4.90 Å². The van der Waals surface area contributed by atoms with Gasteiger partial charge in [-0.15, -0.1) is 0 Å². The number of rotatable bonds is 3. The molecule has 0 bridgehead atoms. The number of hydrogen-bond acceptors (Lipinski definition) is 3. The standard InChI is InChI=1S/C14H15NO3/c1-4-10(16)7-15-12-9(3)6-5-8(2)11(12)13(17)14(15)18/h5-6H,4,7H2,1-3H3. The first kappa shape index (κ1) is 12.5.